The molecule has 6 rings (SSSR count). The Balaban J connectivity index is 1.54. The van der Waals surface area contributed by atoms with Gasteiger partial charge in [-0.25, -0.2) is 22.6 Å². The van der Waals surface area contributed by atoms with Gasteiger partial charge in [0.05, 0.1) is 30.8 Å². The lowest BCUT2D eigenvalue weighted by Gasteiger charge is -2.46. The van der Waals surface area contributed by atoms with Gasteiger partial charge in [-0.05, 0) is 73.8 Å². The summed E-state index contributed by atoms with van der Waals surface area (Å²) in [5, 5.41) is 1.01. The Morgan fingerprint density at radius 1 is 0.982 bits per heavy atom. The minimum atomic E-state index is -4.76. The summed E-state index contributed by atoms with van der Waals surface area (Å²) in [6, 6.07) is 21.8. The Bertz CT molecular complexity index is 2290. The molecule has 1 aliphatic heterocycles. The number of fused-ring (bicyclic) bond motifs is 1. The lowest BCUT2D eigenvalue weighted by atomic mass is 10.1. The van der Waals surface area contributed by atoms with Gasteiger partial charge in [-0.3, -0.25) is 9.69 Å². The molecule has 0 saturated heterocycles. The van der Waals surface area contributed by atoms with Crippen molar-refractivity contribution in [3.63, 3.8) is 0 Å². The smallest absolute Gasteiger partial charge is 0.340 e. The number of hydrogen-bond acceptors (Lipinski definition) is 10. The van der Waals surface area contributed by atoms with Crippen LogP contribution in [0.4, 0.5) is 14.2 Å². The van der Waals surface area contributed by atoms with Crippen molar-refractivity contribution in [1.82, 2.24) is 9.29 Å². The second-order valence-electron chi connectivity index (χ2n) is 15.4. The van der Waals surface area contributed by atoms with Crippen LogP contribution in [0.2, 0.25) is 5.04 Å². The van der Waals surface area contributed by atoms with Crippen molar-refractivity contribution < 1.29 is 40.7 Å². The number of amides is 2. The lowest BCUT2D eigenvalue weighted by molar-refractivity contribution is -0.143. The minimum absolute atomic E-state index is 0.0702. The van der Waals surface area contributed by atoms with E-state index in [1.165, 1.54) is 56.5 Å². The monoisotopic (exact) mass is 819 g/mol. The maximum Gasteiger partial charge on any atom is 0.340 e. The van der Waals surface area contributed by atoms with Crippen LogP contribution in [0.3, 0.4) is 0 Å². The molecule has 56 heavy (non-hydrogen) atoms. The zero-order valence-corrected chi connectivity index (χ0v) is 35.5. The normalized spacial score (nSPS) is 15.2. The Morgan fingerprint density at radius 2 is 1.59 bits per heavy atom. The first-order valence-corrected chi connectivity index (χ1v) is 22.3. The number of hydrogen-bond donors (Lipinski definition) is 0. The van der Waals surface area contributed by atoms with Crippen molar-refractivity contribution in [3.05, 3.63) is 108 Å². The summed E-state index contributed by atoms with van der Waals surface area (Å²) in [6.07, 6.45) is 1.39. The lowest BCUT2D eigenvalue weighted by Crippen LogP contribution is -2.70. The van der Waals surface area contributed by atoms with Gasteiger partial charge in [0.25, 0.3) is 10.0 Å². The number of nitrogens with zero attached hydrogens (tertiary/aromatic N) is 3. The maximum atomic E-state index is 15.1. The number of carbonyl (C=O) groups is 2. The molecule has 11 nitrogen and oxygen atoms in total. The van der Waals surface area contributed by atoms with Gasteiger partial charge in [0.1, 0.15) is 33.8 Å². The number of methoxy groups -OCH3 is 1. The molecule has 0 saturated carbocycles. The van der Waals surface area contributed by atoms with E-state index in [1.54, 1.807) is 20.8 Å². The molecular formula is C41H46FN3O8S2Si. The molecule has 3 aromatic carbocycles. The summed E-state index contributed by atoms with van der Waals surface area (Å²) < 4.78 is 69.8. The first-order valence-electron chi connectivity index (χ1n) is 18.1. The Hall–Kier alpha value is -4.83. The number of oxazole rings is 1. The average molecular weight is 820 g/mol. The molecule has 15 heteroatoms. The highest BCUT2D eigenvalue weighted by Crippen LogP contribution is 2.50. The molecule has 3 heterocycles. The van der Waals surface area contributed by atoms with E-state index in [4.69, 9.17) is 18.3 Å². The van der Waals surface area contributed by atoms with E-state index in [0.29, 0.717) is 20.5 Å². The molecule has 0 bridgehead atoms. The van der Waals surface area contributed by atoms with Crippen LogP contribution in [0.5, 0.6) is 5.75 Å². The molecule has 0 N–H and O–H groups in total. The zero-order valence-electron chi connectivity index (χ0n) is 32.8. The summed E-state index contributed by atoms with van der Waals surface area (Å²) in [5.74, 6) is -1.00. The van der Waals surface area contributed by atoms with Crippen LogP contribution in [0, 0.1) is 12.7 Å². The van der Waals surface area contributed by atoms with Gasteiger partial charge in [0.15, 0.2) is 5.54 Å². The third-order valence-corrected chi connectivity index (χ3v) is 18.3. The molecule has 0 radical (unpaired) electrons. The Morgan fingerprint density at radius 3 is 2.11 bits per heavy atom. The van der Waals surface area contributed by atoms with E-state index in [1.807, 2.05) is 81.4 Å². The largest absolute Gasteiger partial charge is 0.508 e. The topological polar surface area (TPSA) is 128 Å². The first kappa shape index (κ1) is 40.8. The van der Waals surface area contributed by atoms with Crippen LogP contribution in [0.25, 0.3) is 10.8 Å². The van der Waals surface area contributed by atoms with Crippen molar-refractivity contribution >= 4 is 57.1 Å². The van der Waals surface area contributed by atoms with E-state index in [2.05, 4.69) is 4.98 Å². The fourth-order valence-electron chi connectivity index (χ4n) is 7.26. The number of ether oxygens (including phenoxy) is 2. The molecule has 2 amide bonds. The Kier molecular flexibility index (Phi) is 11.1. The number of urea groups is 1. The standard InChI is InChI=1S/C41H46FN3O8S2Si/c1-26(2)52-33(31-24-28(42)20-21-32(31)50-9)25-44-37-35(27(3)34(54-37)36-43-22-23-51-36)55(48,49)45(39(44)47)41(7,8)38(46)53-56(40(4,5)6,29-16-12-10-13-17-29)30-18-14-11-15-19-30/h10-24,26,33H,25H2,1-9H3/t33-/m0/s1. The number of anilines is 1. The van der Waals surface area contributed by atoms with Gasteiger partial charge >= 0.3 is 20.3 Å². The summed E-state index contributed by atoms with van der Waals surface area (Å²) in [4.78, 5) is 35.9. The molecule has 2 aromatic heterocycles. The maximum absolute atomic E-state index is 15.1. The van der Waals surface area contributed by atoms with Gasteiger partial charge in [0, 0.05) is 5.56 Å². The molecule has 0 fully saturated rings. The van der Waals surface area contributed by atoms with Gasteiger partial charge in [-0.1, -0.05) is 81.4 Å². The molecule has 0 spiro atoms. The van der Waals surface area contributed by atoms with Crippen LogP contribution >= 0.6 is 11.3 Å². The highest BCUT2D eigenvalue weighted by Gasteiger charge is 2.59. The number of carbonyl (C=O) groups excluding carboxylic acids is 2. The minimum Gasteiger partial charge on any atom is -0.508 e. The molecule has 296 valence electrons. The number of thiophene rings is 1. The molecule has 1 aliphatic rings. The van der Waals surface area contributed by atoms with E-state index in [0.717, 1.165) is 21.7 Å². The van der Waals surface area contributed by atoms with Crippen molar-refractivity contribution in [2.45, 2.75) is 83.1 Å². The van der Waals surface area contributed by atoms with Crippen LogP contribution in [0.15, 0.2) is 101 Å². The van der Waals surface area contributed by atoms with Crippen molar-refractivity contribution in [2.75, 3.05) is 18.6 Å². The molecular weight excluding hydrogens is 774 g/mol. The fraction of sp³-hybridized carbons (Fsp3) is 0.341. The number of rotatable bonds is 12. The number of sulfonamides is 1. The van der Waals surface area contributed by atoms with Gasteiger partial charge in [-0.2, -0.15) is 4.31 Å². The SMILES string of the molecule is COc1ccc(F)cc1[C@H](CN1C(=O)N(C(C)(C)C(=O)O[Si](c2ccccc2)(c2ccccc2)C(C)(C)C)S(=O)(=O)c2c1sc(-c1ncco1)c2C)OC(C)C. The second kappa shape index (κ2) is 15.3. The number of aromatic nitrogens is 1. The fourth-order valence-corrected chi connectivity index (χ4v) is 15.3. The van der Waals surface area contributed by atoms with Crippen LogP contribution in [-0.4, -0.2) is 63.3 Å². The first-order chi connectivity index (χ1) is 26.4. The van der Waals surface area contributed by atoms with Crippen molar-refractivity contribution in [2.24, 2.45) is 0 Å². The summed E-state index contributed by atoms with van der Waals surface area (Å²) in [5.41, 5.74) is -1.51. The summed E-state index contributed by atoms with van der Waals surface area (Å²) in [7, 11) is -6.90. The second-order valence-corrected chi connectivity index (χ2v) is 22.3. The van der Waals surface area contributed by atoms with E-state index in [9.17, 15) is 4.39 Å². The van der Waals surface area contributed by atoms with Gasteiger partial charge in [-0.15, -0.1) is 11.3 Å². The molecule has 5 aromatic rings. The summed E-state index contributed by atoms with van der Waals surface area (Å²) in [6.45, 7) is 13.6. The quantitative estimate of drug-likeness (QED) is 0.116. The van der Waals surface area contributed by atoms with Crippen LogP contribution < -0.4 is 20.0 Å². The number of halogens is 1. The average Bonchev–Trinajstić information content (AvgIpc) is 3.80. The molecule has 1 atom stereocenters. The van der Waals surface area contributed by atoms with Gasteiger partial charge < -0.3 is 18.3 Å². The van der Waals surface area contributed by atoms with Gasteiger partial charge in [0.2, 0.25) is 5.89 Å². The molecule has 0 aliphatic carbocycles. The van der Waals surface area contributed by atoms with E-state index >= 15 is 18.0 Å². The summed E-state index contributed by atoms with van der Waals surface area (Å²) >= 11 is 1.00. The Labute approximate surface area is 332 Å². The highest BCUT2D eigenvalue weighted by molar-refractivity contribution is 7.90. The number of benzene rings is 3. The third-order valence-electron chi connectivity index (χ3n) is 9.84. The third kappa shape index (κ3) is 7.05. The van der Waals surface area contributed by atoms with Crippen molar-refractivity contribution in [3.8, 4) is 16.5 Å². The van der Waals surface area contributed by atoms with E-state index < -0.39 is 58.9 Å². The van der Waals surface area contributed by atoms with E-state index in [-0.39, 0.29) is 27.9 Å². The van der Waals surface area contributed by atoms with Crippen LogP contribution in [0.1, 0.15) is 65.7 Å². The highest BCUT2D eigenvalue weighted by atomic mass is 32.2. The predicted octanol–water partition coefficient (Wildman–Crippen LogP) is 7.84. The van der Waals surface area contributed by atoms with Crippen molar-refractivity contribution in [1.29, 1.82) is 0 Å². The zero-order chi connectivity index (χ0) is 40.8. The molecule has 0 unspecified atom stereocenters. The van der Waals surface area contributed by atoms with Crippen LogP contribution in [-0.2, 0) is 24.0 Å². The predicted molar refractivity (Wildman–Crippen MR) is 216 cm³/mol.